The van der Waals surface area contributed by atoms with Crippen LogP contribution in [0.1, 0.15) is 43.9 Å². The van der Waals surface area contributed by atoms with Crippen molar-refractivity contribution in [3.05, 3.63) is 100 Å². The zero-order chi connectivity index (χ0) is 25.5. The maximum atomic E-state index is 12.9. The van der Waals surface area contributed by atoms with Crippen molar-refractivity contribution in [1.29, 1.82) is 0 Å². The van der Waals surface area contributed by atoms with Crippen LogP contribution in [-0.2, 0) is 16.8 Å². The molecule has 0 spiro atoms. The van der Waals surface area contributed by atoms with Crippen molar-refractivity contribution in [2.75, 3.05) is 13.2 Å². The number of benzene rings is 3. The van der Waals surface area contributed by atoms with Gasteiger partial charge in [0.15, 0.2) is 0 Å². The van der Waals surface area contributed by atoms with Crippen molar-refractivity contribution in [1.82, 2.24) is 4.90 Å². The van der Waals surface area contributed by atoms with Gasteiger partial charge in [0.25, 0.3) is 5.91 Å². The second-order valence-corrected chi connectivity index (χ2v) is 11.3. The zero-order valence-electron chi connectivity index (χ0n) is 20.9. The summed E-state index contributed by atoms with van der Waals surface area (Å²) >= 11 is 6.79. The Bertz CT molecular complexity index is 1210. The fraction of sp³-hybridized carbons (Fsp3) is 0.267. The van der Waals surface area contributed by atoms with Crippen molar-refractivity contribution in [3.63, 3.8) is 0 Å². The summed E-state index contributed by atoms with van der Waals surface area (Å²) in [5, 5.41) is 0. The molecule has 0 atom stereocenters. The van der Waals surface area contributed by atoms with E-state index in [-0.39, 0.29) is 11.3 Å². The van der Waals surface area contributed by atoms with E-state index in [9.17, 15) is 4.79 Å². The van der Waals surface area contributed by atoms with Crippen LogP contribution in [0.25, 0.3) is 6.08 Å². The van der Waals surface area contributed by atoms with Crippen molar-refractivity contribution in [3.8, 4) is 11.5 Å². The van der Waals surface area contributed by atoms with Gasteiger partial charge >= 0.3 is 0 Å². The van der Waals surface area contributed by atoms with Crippen LogP contribution in [0.15, 0.2) is 83.8 Å². The summed E-state index contributed by atoms with van der Waals surface area (Å²) in [5.41, 5.74) is 3.42. The fourth-order valence-corrected chi connectivity index (χ4v) is 4.96. The third kappa shape index (κ3) is 6.99. The SMILES string of the molecule is CC(C)(C)c1ccc(OCCCOc2ccc(/C=C3/SC(=S)N(Cc4ccccc4)C3=O)cc2)cc1. The Balaban J connectivity index is 1.23. The van der Waals surface area contributed by atoms with Gasteiger partial charge in [-0.25, -0.2) is 0 Å². The Morgan fingerprint density at radius 1 is 0.861 bits per heavy atom. The number of carbonyl (C=O) groups excluding carboxylic acids is 1. The molecule has 3 aromatic carbocycles. The van der Waals surface area contributed by atoms with Crippen molar-refractivity contribution in [2.24, 2.45) is 0 Å². The van der Waals surface area contributed by atoms with Crippen LogP contribution in [0.3, 0.4) is 0 Å². The van der Waals surface area contributed by atoms with Gasteiger partial charge in [0.05, 0.1) is 24.7 Å². The zero-order valence-corrected chi connectivity index (χ0v) is 22.5. The predicted octanol–water partition coefficient (Wildman–Crippen LogP) is 7.23. The molecular formula is C30H31NO3S2. The number of rotatable bonds is 9. The fourth-order valence-electron chi connectivity index (χ4n) is 3.70. The molecule has 0 N–H and O–H groups in total. The largest absolute Gasteiger partial charge is 0.493 e. The minimum Gasteiger partial charge on any atom is -0.493 e. The maximum absolute atomic E-state index is 12.9. The highest BCUT2D eigenvalue weighted by Gasteiger charge is 2.31. The van der Waals surface area contributed by atoms with Gasteiger partial charge in [0.1, 0.15) is 15.8 Å². The van der Waals surface area contributed by atoms with E-state index in [4.69, 9.17) is 21.7 Å². The molecular weight excluding hydrogens is 486 g/mol. The van der Waals surface area contributed by atoms with E-state index < -0.39 is 0 Å². The average molecular weight is 518 g/mol. The second-order valence-electron chi connectivity index (χ2n) is 9.65. The Labute approximate surface area is 223 Å². The lowest BCUT2D eigenvalue weighted by Gasteiger charge is -2.19. The minimum absolute atomic E-state index is 0.0535. The highest BCUT2D eigenvalue weighted by atomic mass is 32.2. The molecule has 1 amide bonds. The Morgan fingerprint density at radius 3 is 2.03 bits per heavy atom. The third-order valence-electron chi connectivity index (χ3n) is 5.78. The summed E-state index contributed by atoms with van der Waals surface area (Å²) in [6.07, 6.45) is 2.67. The van der Waals surface area contributed by atoms with E-state index in [0.717, 1.165) is 29.0 Å². The molecule has 6 heteroatoms. The van der Waals surface area contributed by atoms with Crippen molar-refractivity contribution in [2.45, 2.75) is 39.2 Å². The molecule has 0 radical (unpaired) electrons. The van der Waals surface area contributed by atoms with E-state index >= 15 is 0 Å². The first kappa shape index (κ1) is 26.0. The van der Waals surface area contributed by atoms with Gasteiger partial charge in [-0.1, -0.05) is 99.3 Å². The van der Waals surface area contributed by atoms with E-state index in [1.165, 1.54) is 17.3 Å². The van der Waals surface area contributed by atoms with Crippen LogP contribution in [0.4, 0.5) is 0 Å². The molecule has 0 bridgehead atoms. The molecule has 36 heavy (non-hydrogen) atoms. The third-order valence-corrected chi connectivity index (χ3v) is 7.16. The van der Waals surface area contributed by atoms with E-state index in [0.29, 0.717) is 29.0 Å². The normalized spacial score (nSPS) is 15.0. The van der Waals surface area contributed by atoms with Crippen LogP contribution >= 0.6 is 24.0 Å². The van der Waals surface area contributed by atoms with Crippen LogP contribution in [0.5, 0.6) is 11.5 Å². The van der Waals surface area contributed by atoms with Gasteiger partial charge in [-0.3, -0.25) is 9.69 Å². The lowest BCUT2D eigenvalue weighted by atomic mass is 9.87. The number of hydrogen-bond acceptors (Lipinski definition) is 5. The predicted molar refractivity (Wildman–Crippen MR) is 152 cm³/mol. The van der Waals surface area contributed by atoms with Crippen LogP contribution < -0.4 is 9.47 Å². The maximum Gasteiger partial charge on any atom is 0.266 e. The summed E-state index contributed by atoms with van der Waals surface area (Å²) in [7, 11) is 0. The van der Waals surface area contributed by atoms with E-state index in [2.05, 4.69) is 32.9 Å². The Hall–Kier alpha value is -3.09. The van der Waals surface area contributed by atoms with Crippen molar-refractivity contribution < 1.29 is 14.3 Å². The van der Waals surface area contributed by atoms with Gasteiger partial charge in [0.2, 0.25) is 0 Å². The monoisotopic (exact) mass is 517 g/mol. The first-order chi connectivity index (χ1) is 17.3. The number of nitrogens with zero attached hydrogens (tertiary/aromatic N) is 1. The number of thiocarbonyl (C=S) groups is 1. The highest BCUT2D eigenvalue weighted by Crippen LogP contribution is 2.34. The molecule has 1 heterocycles. The van der Waals surface area contributed by atoms with Gasteiger partial charge < -0.3 is 9.47 Å². The summed E-state index contributed by atoms with van der Waals surface area (Å²) < 4.78 is 12.3. The Morgan fingerprint density at radius 2 is 1.44 bits per heavy atom. The first-order valence-electron chi connectivity index (χ1n) is 12.0. The van der Waals surface area contributed by atoms with Crippen LogP contribution in [0, 0.1) is 0 Å². The van der Waals surface area contributed by atoms with E-state index in [1.807, 2.05) is 72.8 Å². The average Bonchev–Trinajstić information content (AvgIpc) is 3.12. The molecule has 0 saturated carbocycles. The van der Waals surface area contributed by atoms with Gasteiger partial charge in [-0.2, -0.15) is 0 Å². The van der Waals surface area contributed by atoms with Crippen LogP contribution in [0.2, 0.25) is 0 Å². The van der Waals surface area contributed by atoms with Crippen LogP contribution in [-0.4, -0.2) is 28.3 Å². The van der Waals surface area contributed by atoms with Crippen molar-refractivity contribution >= 4 is 40.3 Å². The van der Waals surface area contributed by atoms with Gasteiger partial charge in [-0.05, 0) is 52.4 Å². The molecule has 0 aliphatic carbocycles. The lowest BCUT2D eigenvalue weighted by Crippen LogP contribution is -2.27. The highest BCUT2D eigenvalue weighted by molar-refractivity contribution is 8.26. The molecule has 1 fully saturated rings. The number of thioether (sulfide) groups is 1. The van der Waals surface area contributed by atoms with Gasteiger partial charge in [0, 0.05) is 6.42 Å². The quantitative estimate of drug-likeness (QED) is 0.170. The molecule has 4 rings (SSSR count). The number of ether oxygens (including phenoxy) is 2. The second kappa shape index (κ2) is 11.8. The van der Waals surface area contributed by atoms with Gasteiger partial charge in [-0.15, -0.1) is 0 Å². The summed E-state index contributed by atoms with van der Waals surface area (Å²) in [6, 6.07) is 25.9. The summed E-state index contributed by atoms with van der Waals surface area (Å²) in [5.74, 6) is 1.61. The molecule has 0 aromatic heterocycles. The molecule has 0 unspecified atom stereocenters. The molecule has 186 valence electrons. The van der Waals surface area contributed by atoms with E-state index in [1.54, 1.807) is 4.90 Å². The lowest BCUT2D eigenvalue weighted by molar-refractivity contribution is -0.122. The first-order valence-corrected chi connectivity index (χ1v) is 13.3. The molecule has 4 nitrogen and oxygen atoms in total. The molecule has 3 aromatic rings. The Kier molecular flexibility index (Phi) is 8.49. The number of carbonyl (C=O) groups is 1. The summed E-state index contributed by atoms with van der Waals surface area (Å²) in [4.78, 5) is 15.2. The molecule has 1 aliphatic heterocycles. The number of amides is 1. The molecule has 1 saturated heterocycles. The molecule has 1 aliphatic rings. The smallest absolute Gasteiger partial charge is 0.266 e. The minimum atomic E-state index is -0.0535. The number of hydrogen-bond donors (Lipinski definition) is 0. The standard InChI is InChI=1S/C30H31NO3S2/c1-30(2,3)24-12-16-26(17-13-24)34-19-7-18-33-25-14-10-22(11-15-25)20-27-28(32)31(29(35)36-27)21-23-8-5-4-6-9-23/h4-6,8-17,20H,7,18-19,21H2,1-3H3/b27-20+. The summed E-state index contributed by atoms with van der Waals surface area (Å²) in [6.45, 7) is 8.25. The topological polar surface area (TPSA) is 38.8 Å².